The van der Waals surface area contributed by atoms with Crippen molar-refractivity contribution < 1.29 is 0 Å². The summed E-state index contributed by atoms with van der Waals surface area (Å²) >= 11 is 0. The molecule has 0 aromatic carbocycles. The van der Waals surface area contributed by atoms with Crippen molar-refractivity contribution in [1.82, 2.24) is 0 Å². The van der Waals surface area contributed by atoms with E-state index in [0.717, 1.165) is 5.57 Å². The fourth-order valence-electron chi connectivity index (χ4n) is 0.613. The molecular weight excluding hydrogens is 122 g/mol. The van der Waals surface area contributed by atoms with E-state index in [9.17, 15) is 0 Å². The van der Waals surface area contributed by atoms with Crippen LogP contribution in [-0.2, 0) is 0 Å². The van der Waals surface area contributed by atoms with Gasteiger partial charge >= 0.3 is 0 Å². The van der Waals surface area contributed by atoms with Crippen LogP contribution in [-0.4, -0.2) is 6.04 Å². The Morgan fingerprint density at radius 2 is 2.20 bits per heavy atom. The highest BCUT2D eigenvalue weighted by Crippen LogP contribution is 1.99. The molecule has 0 aliphatic heterocycles. The van der Waals surface area contributed by atoms with Gasteiger partial charge in [0, 0.05) is 6.04 Å². The van der Waals surface area contributed by atoms with Crippen LogP contribution >= 0.6 is 0 Å². The summed E-state index contributed by atoms with van der Waals surface area (Å²) in [5.41, 5.74) is 6.68. The fourth-order valence-corrected chi connectivity index (χ4v) is 0.613. The molecule has 0 spiro atoms. The van der Waals surface area contributed by atoms with Crippen LogP contribution in [0, 0.1) is 0 Å². The first-order chi connectivity index (χ1) is 4.72. The van der Waals surface area contributed by atoms with E-state index in [0.29, 0.717) is 0 Å². The van der Waals surface area contributed by atoms with E-state index >= 15 is 0 Å². The fraction of sp³-hybridized carbons (Fsp3) is 0.333. The minimum absolute atomic E-state index is 0.0775. The summed E-state index contributed by atoms with van der Waals surface area (Å²) in [6, 6.07) is 0.0775. The Morgan fingerprint density at radius 1 is 1.60 bits per heavy atom. The van der Waals surface area contributed by atoms with Crippen molar-refractivity contribution in [3.63, 3.8) is 0 Å². The number of hydrogen-bond donors (Lipinski definition) is 1. The zero-order valence-electron chi connectivity index (χ0n) is 6.67. The van der Waals surface area contributed by atoms with E-state index < -0.39 is 0 Å². The van der Waals surface area contributed by atoms with Crippen molar-refractivity contribution in [2.45, 2.75) is 19.9 Å². The second-order valence-electron chi connectivity index (χ2n) is 2.19. The summed E-state index contributed by atoms with van der Waals surface area (Å²) in [4.78, 5) is 0. The lowest BCUT2D eigenvalue weighted by Gasteiger charge is -2.03. The SMILES string of the molecule is C=C/C(=C\C=C/C)C(C)N. The van der Waals surface area contributed by atoms with Crippen LogP contribution in [0.3, 0.4) is 0 Å². The Kier molecular flexibility index (Phi) is 4.59. The molecule has 0 fully saturated rings. The molecule has 0 bridgehead atoms. The van der Waals surface area contributed by atoms with E-state index in [1.165, 1.54) is 0 Å². The lowest BCUT2D eigenvalue weighted by molar-refractivity contribution is 0.886. The molecule has 0 radical (unpaired) electrons. The molecule has 2 N–H and O–H groups in total. The average molecular weight is 137 g/mol. The topological polar surface area (TPSA) is 26.0 Å². The predicted octanol–water partition coefficient (Wildman–Crippen LogP) is 2.02. The molecule has 0 aliphatic carbocycles. The standard InChI is InChI=1S/C9H15N/c1-4-6-7-9(5-2)8(3)10/h4-8H,2,10H2,1,3H3/b6-4-,9-7+. The zero-order chi connectivity index (χ0) is 7.98. The Balaban J connectivity index is 4.18. The molecule has 0 aromatic rings. The molecule has 1 unspecified atom stereocenters. The van der Waals surface area contributed by atoms with Gasteiger partial charge in [0.25, 0.3) is 0 Å². The molecule has 0 amide bonds. The third-order valence-corrected chi connectivity index (χ3v) is 1.24. The van der Waals surface area contributed by atoms with Crippen LogP contribution in [0.25, 0.3) is 0 Å². The van der Waals surface area contributed by atoms with Gasteiger partial charge in [-0.15, -0.1) is 0 Å². The lowest BCUT2D eigenvalue weighted by Crippen LogP contribution is -2.16. The maximum atomic E-state index is 5.61. The second-order valence-corrected chi connectivity index (χ2v) is 2.19. The second kappa shape index (κ2) is 5.00. The minimum atomic E-state index is 0.0775. The first kappa shape index (κ1) is 9.18. The summed E-state index contributed by atoms with van der Waals surface area (Å²) in [6.07, 6.45) is 7.68. The Morgan fingerprint density at radius 3 is 2.50 bits per heavy atom. The van der Waals surface area contributed by atoms with E-state index in [2.05, 4.69) is 6.58 Å². The molecule has 10 heavy (non-hydrogen) atoms. The molecule has 0 aromatic heterocycles. The maximum Gasteiger partial charge on any atom is 0.0265 e. The Labute approximate surface area is 62.9 Å². The van der Waals surface area contributed by atoms with Gasteiger partial charge in [-0.1, -0.05) is 30.9 Å². The van der Waals surface area contributed by atoms with Crippen molar-refractivity contribution in [3.05, 3.63) is 36.5 Å². The monoisotopic (exact) mass is 137 g/mol. The lowest BCUT2D eigenvalue weighted by atomic mass is 10.1. The Hall–Kier alpha value is -0.820. The van der Waals surface area contributed by atoms with E-state index in [1.807, 2.05) is 32.1 Å². The molecular formula is C9H15N. The molecule has 0 aliphatic rings. The first-order valence-corrected chi connectivity index (χ1v) is 3.43. The van der Waals surface area contributed by atoms with Gasteiger partial charge in [0.2, 0.25) is 0 Å². The number of hydrogen-bond acceptors (Lipinski definition) is 1. The summed E-state index contributed by atoms with van der Waals surface area (Å²) in [7, 11) is 0. The molecule has 0 saturated heterocycles. The highest BCUT2D eigenvalue weighted by molar-refractivity contribution is 5.25. The van der Waals surface area contributed by atoms with Crippen LogP contribution in [0.2, 0.25) is 0 Å². The van der Waals surface area contributed by atoms with Crippen molar-refractivity contribution in [3.8, 4) is 0 Å². The van der Waals surface area contributed by atoms with Gasteiger partial charge < -0.3 is 5.73 Å². The van der Waals surface area contributed by atoms with Crippen molar-refractivity contribution in [2.75, 3.05) is 0 Å². The van der Waals surface area contributed by atoms with Gasteiger partial charge in [-0.3, -0.25) is 0 Å². The largest absolute Gasteiger partial charge is 0.324 e. The molecule has 56 valence electrons. The Bertz CT molecular complexity index is 152. The summed E-state index contributed by atoms with van der Waals surface area (Å²) in [5, 5.41) is 0. The van der Waals surface area contributed by atoms with Gasteiger partial charge in [-0.05, 0) is 19.4 Å². The van der Waals surface area contributed by atoms with Crippen molar-refractivity contribution in [1.29, 1.82) is 0 Å². The summed E-state index contributed by atoms with van der Waals surface area (Å²) in [5.74, 6) is 0. The minimum Gasteiger partial charge on any atom is -0.324 e. The van der Waals surface area contributed by atoms with E-state index in [-0.39, 0.29) is 6.04 Å². The molecule has 1 heteroatoms. The van der Waals surface area contributed by atoms with E-state index in [4.69, 9.17) is 5.73 Å². The third-order valence-electron chi connectivity index (χ3n) is 1.24. The quantitative estimate of drug-likeness (QED) is 0.592. The number of rotatable bonds is 3. The van der Waals surface area contributed by atoms with Crippen molar-refractivity contribution in [2.24, 2.45) is 5.73 Å². The summed E-state index contributed by atoms with van der Waals surface area (Å²) < 4.78 is 0. The summed E-state index contributed by atoms with van der Waals surface area (Å²) in [6.45, 7) is 7.57. The molecule has 0 heterocycles. The average Bonchev–Trinajstić information content (AvgIpc) is 1.89. The van der Waals surface area contributed by atoms with Crippen LogP contribution in [0.4, 0.5) is 0 Å². The van der Waals surface area contributed by atoms with Gasteiger partial charge in [-0.25, -0.2) is 0 Å². The zero-order valence-corrected chi connectivity index (χ0v) is 6.67. The number of allylic oxidation sites excluding steroid dienone is 3. The third kappa shape index (κ3) is 3.25. The van der Waals surface area contributed by atoms with Gasteiger partial charge in [0.15, 0.2) is 0 Å². The van der Waals surface area contributed by atoms with Crippen LogP contribution in [0.15, 0.2) is 36.5 Å². The van der Waals surface area contributed by atoms with E-state index in [1.54, 1.807) is 6.08 Å². The normalized spacial score (nSPS) is 15.7. The van der Waals surface area contributed by atoms with Gasteiger partial charge in [0.05, 0.1) is 0 Å². The van der Waals surface area contributed by atoms with Gasteiger partial charge in [0.1, 0.15) is 0 Å². The highest BCUT2D eigenvalue weighted by atomic mass is 14.6. The maximum absolute atomic E-state index is 5.61. The molecule has 0 rings (SSSR count). The van der Waals surface area contributed by atoms with Gasteiger partial charge in [-0.2, -0.15) is 0 Å². The van der Waals surface area contributed by atoms with Crippen molar-refractivity contribution >= 4 is 0 Å². The number of nitrogens with two attached hydrogens (primary N) is 1. The van der Waals surface area contributed by atoms with Crippen LogP contribution in [0.1, 0.15) is 13.8 Å². The predicted molar refractivity (Wildman–Crippen MR) is 46.7 cm³/mol. The van der Waals surface area contributed by atoms with Crippen LogP contribution in [0.5, 0.6) is 0 Å². The van der Waals surface area contributed by atoms with Crippen LogP contribution < -0.4 is 5.73 Å². The molecule has 1 atom stereocenters. The first-order valence-electron chi connectivity index (χ1n) is 3.43. The molecule has 1 nitrogen and oxygen atoms in total. The smallest absolute Gasteiger partial charge is 0.0265 e. The molecule has 0 saturated carbocycles. The highest BCUT2D eigenvalue weighted by Gasteiger charge is 1.94.